The van der Waals surface area contributed by atoms with Crippen LogP contribution >= 0.6 is 23.4 Å². The maximum atomic E-state index is 12.2. The van der Waals surface area contributed by atoms with Gasteiger partial charge in [0.25, 0.3) is 0 Å². The van der Waals surface area contributed by atoms with Crippen molar-refractivity contribution < 1.29 is 19.4 Å². The highest BCUT2D eigenvalue weighted by Crippen LogP contribution is 2.24. The fraction of sp³-hybridized carbons (Fsp3) is 0.263. The molecule has 0 saturated carbocycles. The van der Waals surface area contributed by atoms with Gasteiger partial charge in [-0.2, -0.15) is 0 Å². The third-order valence-electron chi connectivity index (χ3n) is 3.49. The van der Waals surface area contributed by atoms with Gasteiger partial charge in [-0.05, 0) is 55.3 Å². The number of ether oxygens (including phenoxy) is 1. The van der Waals surface area contributed by atoms with E-state index >= 15 is 0 Å². The van der Waals surface area contributed by atoms with Gasteiger partial charge in [0.2, 0.25) is 5.91 Å². The van der Waals surface area contributed by atoms with E-state index in [0.29, 0.717) is 23.7 Å². The normalized spacial score (nSPS) is 11.6. The molecule has 26 heavy (non-hydrogen) atoms. The summed E-state index contributed by atoms with van der Waals surface area (Å²) in [6.45, 7) is 2.03. The first-order valence-electron chi connectivity index (χ1n) is 8.07. The largest absolute Gasteiger partial charge is 0.482 e. The van der Waals surface area contributed by atoms with Gasteiger partial charge in [0.15, 0.2) is 6.61 Å². The molecule has 2 rings (SSSR count). The lowest BCUT2D eigenvalue weighted by Crippen LogP contribution is -2.32. The molecule has 1 unspecified atom stereocenters. The zero-order chi connectivity index (χ0) is 18.9. The van der Waals surface area contributed by atoms with Crippen LogP contribution in [0.4, 0.5) is 0 Å². The molecule has 0 heterocycles. The lowest BCUT2D eigenvalue weighted by molar-refractivity contribution is -0.139. The number of nitrogens with one attached hydrogen (secondary N) is 1. The average molecular weight is 394 g/mol. The van der Waals surface area contributed by atoms with Gasteiger partial charge in [-0.25, -0.2) is 4.79 Å². The molecule has 2 N–H and O–H groups in total. The first-order chi connectivity index (χ1) is 12.4. The van der Waals surface area contributed by atoms with Gasteiger partial charge >= 0.3 is 5.97 Å². The number of amides is 1. The van der Waals surface area contributed by atoms with Crippen molar-refractivity contribution in [1.82, 2.24) is 5.32 Å². The van der Waals surface area contributed by atoms with Crippen molar-refractivity contribution in [3.05, 3.63) is 59.1 Å². The highest BCUT2D eigenvalue weighted by atomic mass is 35.5. The van der Waals surface area contributed by atoms with Crippen molar-refractivity contribution in [2.24, 2.45) is 0 Å². The standard InChI is InChI=1S/C19H20ClNO4S/c1-13(26-17-8-4-15(20)5-9-17)19(24)21-11-10-14-2-6-16(7-3-14)25-12-18(22)23/h2-9,13H,10-12H2,1H3,(H,21,24)(H,22,23). The molecule has 7 heteroatoms. The molecular formula is C19H20ClNO4S. The van der Waals surface area contributed by atoms with Crippen LogP contribution in [0.3, 0.4) is 0 Å². The van der Waals surface area contributed by atoms with Crippen molar-refractivity contribution in [1.29, 1.82) is 0 Å². The van der Waals surface area contributed by atoms with E-state index in [0.717, 1.165) is 10.5 Å². The first-order valence-corrected chi connectivity index (χ1v) is 9.33. The van der Waals surface area contributed by atoms with Crippen LogP contribution in [0.1, 0.15) is 12.5 Å². The number of carbonyl (C=O) groups is 2. The minimum Gasteiger partial charge on any atom is -0.482 e. The summed E-state index contributed by atoms with van der Waals surface area (Å²) in [5, 5.41) is 12.0. The van der Waals surface area contributed by atoms with Crippen molar-refractivity contribution in [3.8, 4) is 5.75 Å². The summed E-state index contributed by atoms with van der Waals surface area (Å²) in [5.41, 5.74) is 1.03. The molecule has 0 spiro atoms. The topological polar surface area (TPSA) is 75.6 Å². The van der Waals surface area contributed by atoms with E-state index in [1.165, 1.54) is 11.8 Å². The molecule has 0 aliphatic rings. The second-order valence-corrected chi connectivity index (χ2v) is 7.43. The fourth-order valence-electron chi connectivity index (χ4n) is 2.14. The third kappa shape index (κ3) is 6.98. The van der Waals surface area contributed by atoms with Crippen LogP contribution in [-0.4, -0.2) is 35.4 Å². The van der Waals surface area contributed by atoms with E-state index in [1.807, 2.05) is 31.2 Å². The Labute approximate surface area is 161 Å². The molecule has 2 aromatic carbocycles. The van der Waals surface area contributed by atoms with Crippen LogP contribution < -0.4 is 10.1 Å². The predicted octanol–water partition coefficient (Wildman–Crippen LogP) is 3.64. The molecule has 0 bridgehead atoms. The Morgan fingerprint density at radius 3 is 2.42 bits per heavy atom. The van der Waals surface area contributed by atoms with Crippen LogP contribution in [0.15, 0.2) is 53.4 Å². The Balaban J connectivity index is 1.73. The second kappa shape index (κ2) is 10.1. The molecular weight excluding hydrogens is 374 g/mol. The molecule has 0 radical (unpaired) electrons. The number of hydrogen-bond acceptors (Lipinski definition) is 4. The summed E-state index contributed by atoms with van der Waals surface area (Å²) in [5.74, 6) is -0.526. The number of halogens is 1. The SMILES string of the molecule is CC(Sc1ccc(Cl)cc1)C(=O)NCCc1ccc(OCC(=O)O)cc1. The first kappa shape index (κ1) is 20.1. The highest BCUT2D eigenvalue weighted by Gasteiger charge is 2.13. The van der Waals surface area contributed by atoms with Gasteiger partial charge in [-0.1, -0.05) is 23.7 Å². The van der Waals surface area contributed by atoms with Crippen molar-refractivity contribution in [2.75, 3.05) is 13.2 Å². The van der Waals surface area contributed by atoms with Crippen molar-refractivity contribution in [2.45, 2.75) is 23.5 Å². The maximum absolute atomic E-state index is 12.2. The van der Waals surface area contributed by atoms with E-state index in [1.54, 1.807) is 24.3 Å². The Hall–Kier alpha value is -2.18. The number of aliphatic carboxylic acids is 1. The highest BCUT2D eigenvalue weighted by molar-refractivity contribution is 8.00. The Bertz CT molecular complexity index is 734. The minimum atomic E-state index is -1.01. The molecule has 0 saturated heterocycles. The lowest BCUT2D eigenvalue weighted by Gasteiger charge is -2.12. The lowest BCUT2D eigenvalue weighted by atomic mass is 10.1. The van der Waals surface area contributed by atoms with Gasteiger partial charge in [0, 0.05) is 16.5 Å². The summed E-state index contributed by atoms with van der Waals surface area (Å²) in [4.78, 5) is 23.6. The monoisotopic (exact) mass is 393 g/mol. The number of carboxylic acids is 1. The maximum Gasteiger partial charge on any atom is 0.341 e. The molecule has 0 aliphatic heterocycles. The van der Waals surface area contributed by atoms with E-state index < -0.39 is 5.97 Å². The molecule has 0 aliphatic carbocycles. The summed E-state index contributed by atoms with van der Waals surface area (Å²) in [7, 11) is 0. The smallest absolute Gasteiger partial charge is 0.341 e. The predicted molar refractivity (Wildman–Crippen MR) is 103 cm³/mol. The fourth-order valence-corrected chi connectivity index (χ4v) is 3.16. The summed E-state index contributed by atoms with van der Waals surface area (Å²) in [6, 6.07) is 14.6. The van der Waals surface area contributed by atoms with E-state index in [-0.39, 0.29) is 17.8 Å². The van der Waals surface area contributed by atoms with Crippen LogP contribution in [0.25, 0.3) is 0 Å². The zero-order valence-corrected chi connectivity index (χ0v) is 15.8. The van der Waals surface area contributed by atoms with Crippen LogP contribution in [0.5, 0.6) is 5.75 Å². The number of thioether (sulfide) groups is 1. The molecule has 0 fully saturated rings. The third-order valence-corrected chi connectivity index (χ3v) is 4.86. The second-order valence-electron chi connectivity index (χ2n) is 5.58. The number of hydrogen-bond donors (Lipinski definition) is 2. The molecule has 1 atom stereocenters. The molecule has 0 aromatic heterocycles. The number of carbonyl (C=O) groups excluding carboxylic acids is 1. The van der Waals surface area contributed by atoms with E-state index in [9.17, 15) is 9.59 Å². The van der Waals surface area contributed by atoms with Crippen LogP contribution in [-0.2, 0) is 16.0 Å². The summed E-state index contributed by atoms with van der Waals surface area (Å²) >= 11 is 7.34. The van der Waals surface area contributed by atoms with Crippen LogP contribution in [0.2, 0.25) is 5.02 Å². The van der Waals surface area contributed by atoms with Gasteiger partial charge in [0.1, 0.15) is 5.75 Å². The zero-order valence-electron chi connectivity index (χ0n) is 14.3. The summed E-state index contributed by atoms with van der Waals surface area (Å²) in [6.07, 6.45) is 0.684. The molecule has 5 nitrogen and oxygen atoms in total. The quantitative estimate of drug-likeness (QED) is 0.636. The number of benzene rings is 2. The molecule has 2 aromatic rings. The Morgan fingerprint density at radius 2 is 1.81 bits per heavy atom. The average Bonchev–Trinajstić information content (AvgIpc) is 2.62. The van der Waals surface area contributed by atoms with E-state index in [2.05, 4.69) is 5.32 Å². The van der Waals surface area contributed by atoms with Crippen LogP contribution in [0, 0.1) is 0 Å². The van der Waals surface area contributed by atoms with Gasteiger partial charge in [-0.3, -0.25) is 4.79 Å². The van der Waals surface area contributed by atoms with Gasteiger partial charge in [-0.15, -0.1) is 11.8 Å². The van der Waals surface area contributed by atoms with Crippen molar-refractivity contribution in [3.63, 3.8) is 0 Å². The van der Waals surface area contributed by atoms with Crippen molar-refractivity contribution >= 4 is 35.2 Å². The Kier molecular flexibility index (Phi) is 7.81. The number of rotatable bonds is 9. The molecule has 138 valence electrons. The van der Waals surface area contributed by atoms with Gasteiger partial charge in [0.05, 0.1) is 5.25 Å². The summed E-state index contributed by atoms with van der Waals surface area (Å²) < 4.78 is 5.08. The molecule has 1 amide bonds. The number of carboxylic acid groups (broad SMARTS) is 1. The Morgan fingerprint density at radius 1 is 1.15 bits per heavy atom. The minimum absolute atomic E-state index is 0.0219. The van der Waals surface area contributed by atoms with Gasteiger partial charge < -0.3 is 15.2 Å². The van der Waals surface area contributed by atoms with E-state index in [4.69, 9.17) is 21.4 Å².